The second-order valence-electron chi connectivity index (χ2n) is 7.28. The lowest BCUT2D eigenvalue weighted by molar-refractivity contribution is 0.0244. The molecule has 21 heavy (non-hydrogen) atoms. The average Bonchev–Trinajstić information content (AvgIpc) is 2.42. The van der Waals surface area contributed by atoms with Crippen LogP contribution in [0, 0.1) is 5.92 Å². The normalized spacial score (nSPS) is 23.6. The number of hydrogen-bond acceptors (Lipinski definition) is 3. The van der Waals surface area contributed by atoms with E-state index in [2.05, 4.69) is 60.5 Å². The molecule has 116 valence electrons. The first-order valence-electron chi connectivity index (χ1n) is 8.27. The van der Waals surface area contributed by atoms with Gasteiger partial charge in [-0.25, -0.2) is 0 Å². The van der Waals surface area contributed by atoms with Crippen molar-refractivity contribution < 1.29 is 0 Å². The number of hydrogen-bond donors (Lipinski definition) is 1. The number of para-hydroxylation sites is 1. The molecule has 1 N–H and O–H groups in total. The summed E-state index contributed by atoms with van der Waals surface area (Å²) < 4.78 is 0. The van der Waals surface area contributed by atoms with Crippen LogP contribution in [0.2, 0.25) is 0 Å². The van der Waals surface area contributed by atoms with Gasteiger partial charge in [0.2, 0.25) is 0 Å². The van der Waals surface area contributed by atoms with Crippen molar-refractivity contribution in [1.29, 1.82) is 0 Å². The van der Waals surface area contributed by atoms with Gasteiger partial charge in [-0.2, -0.15) is 0 Å². The van der Waals surface area contributed by atoms with Crippen LogP contribution in [0.3, 0.4) is 0 Å². The third-order valence-electron chi connectivity index (χ3n) is 5.47. The van der Waals surface area contributed by atoms with Crippen molar-refractivity contribution in [3.8, 4) is 0 Å². The third-order valence-corrected chi connectivity index (χ3v) is 5.47. The Kier molecular flexibility index (Phi) is 4.23. The molecule has 0 amide bonds. The van der Waals surface area contributed by atoms with Crippen molar-refractivity contribution in [3.63, 3.8) is 0 Å². The number of rotatable bonds is 5. The first-order valence-corrected chi connectivity index (χ1v) is 8.27. The molecule has 1 fully saturated rings. The van der Waals surface area contributed by atoms with E-state index in [4.69, 9.17) is 0 Å². The third kappa shape index (κ3) is 3.09. The van der Waals surface area contributed by atoms with Gasteiger partial charge in [0, 0.05) is 30.9 Å². The fourth-order valence-electron chi connectivity index (χ4n) is 3.98. The highest BCUT2D eigenvalue weighted by molar-refractivity contribution is 5.53. The van der Waals surface area contributed by atoms with Gasteiger partial charge in [-0.15, -0.1) is 0 Å². The van der Waals surface area contributed by atoms with Crippen molar-refractivity contribution in [2.24, 2.45) is 5.92 Å². The van der Waals surface area contributed by atoms with Crippen LogP contribution < -0.4 is 5.32 Å². The lowest BCUT2D eigenvalue weighted by Gasteiger charge is -2.49. The Morgan fingerprint density at radius 3 is 2.62 bits per heavy atom. The Labute approximate surface area is 129 Å². The summed E-state index contributed by atoms with van der Waals surface area (Å²) in [7, 11) is 6.78. The van der Waals surface area contributed by atoms with Crippen LogP contribution in [0.25, 0.3) is 0 Å². The zero-order chi connectivity index (χ0) is 14.9. The molecule has 1 unspecified atom stereocenters. The molecule has 3 nitrogen and oxygen atoms in total. The van der Waals surface area contributed by atoms with E-state index in [1.165, 1.54) is 50.0 Å². The Morgan fingerprint density at radius 1 is 1.19 bits per heavy atom. The van der Waals surface area contributed by atoms with Crippen LogP contribution in [0.1, 0.15) is 24.8 Å². The highest BCUT2D eigenvalue weighted by Gasteiger charge is 2.40. The van der Waals surface area contributed by atoms with Gasteiger partial charge in [0.25, 0.3) is 0 Å². The zero-order valence-electron chi connectivity index (χ0n) is 13.7. The predicted octanol–water partition coefficient (Wildman–Crippen LogP) is 2.69. The zero-order valence-corrected chi connectivity index (χ0v) is 13.7. The van der Waals surface area contributed by atoms with Gasteiger partial charge < -0.3 is 15.1 Å². The van der Waals surface area contributed by atoms with Crippen LogP contribution in [0.15, 0.2) is 24.3 Å². The number of fused-ring (bicyclic) bond motifs is 1. The molecule has 1 atom stereocenters. The van der Waals surface area contributed by atoms with Crippen LogP contribution in [0.5, 0.6) is 0 Å². The summed E-state index contributed by atoms with van der Waals surface area (Å²) in [6.45, 7) is 3.51. The van der Waals surface area contributed by atoms with Crippen LogP contribution in [-0.4, -0.2) is 56.1 Å². The molecule has 2 aliphatic rings. The fourth-order valence-corrected chi connectivity index (χ4v) is 3.98. The van der Waals surface area contributed by atoms with Gasteiger partial charge in [0.1, 0.15) is 0 Å². The minimum atomic E-state index is 0.439. The quantitative estimate of drug-likeness (QED) is 0.898. The SMILES string of the molecule is CN(CC1CNc2ccccc2C1)CC1(N(C)C)CCC1. The highest BCUT2D eigenvalue weighted by Crippen LogP contribution is 2.37. The van der Waals surface area contributed by atoms with Crippen LogP contribution in [-0.2, 0) is 6.42 Å². The topological polar surface area (TPSA) is 18.5 Å². The lowest BCUT2D eigenvalue weighted by Crippen LogP contribution is -2.57. The van der Waals surface area contributed by atoms with Crippen LogP contribution >= 0.6 is 0 Å². The van der Waals surface area contributed by atoms with Crippen molar-refractivity contribution in [3.05, 3.63) is 29.8 Å². The highest BCUT2D eigenvalue weighted by atomic mass is 15.2. The number of anilines is 1. The van der Waals surface area contributed by atoms with E-state index >= 15 is 0 Å². The van der Waals surface area contributed by atoms with Gasteiger partial charge >= 0.3 is 0 Å². The number of nitrogens with zero attached hydrogens (tertiary/aromatic N) is 2. The van der Waals surface area contributed by atoms with Gasteiger partial charge in [0.15, 0.2) is 0 Å². The maximum absolute atomic E-state index is 3.59. The summed E-state index contributed by atoms with van der Waals surface area (Å²) in [5.41, 5.74) is 3.25. The minimum absolute atomic E-state index is 0.439. The minimum Gasteiger partial charge on any atom is -0.384 e. The van der Waals surface area contributed by atoms with E-state index in [0.29, 0.717) is 5.54 Å². The summed E-state index contributed by atoms with van der Waals surface area (Å²) in [5.74, 6) is 0.726. The molecular weight excluding hydrogens is 258 g/mol. The first kappa shape index (κ1) is 14.9. The van der Waals surface area contributed by atoms with E-state index in [1.807, 2.05) is 0 Å². The Morgan fingerprint density at radius 2 is 1.95 bits per heavy atom. The van der Waals surface area contributed by atoms with Gasteiger partial charge in [-0.1, -0.05) is 18.2 Å². The lowest BCUT2D eigenvalue weighted by atomic mass is 9.75. The van der Waals surface area contributed by atoms with E-state index in [9.17, 15) is 0 Å². The molecule has 1 aliphatic carbocycles. The smallest absolute Gasteiger partial charge is 0.0372 e. The number of likely N-dealkylation sites (N-methyl/N-ethyl adjacent to an activating group) is 2. The molecule has 0 aromatic heterocycles. The maximum atomic E-state index is 3.59. The molecule has 3 rings (SSSR count). The largest absolute Gasteiger partial charge is 0.384 e. The Hall–Kier alpha value is -1.06. The van der Waals surface area contributed by atoms with Crippen molar-refractivity contribution in [2.75, 3.05) is 46.1 Å². The maximum Gasteiger partial charge on any atom is 0.0372 e. The van der Waals surface area contributed by atoms with Gasteiger partial charge in [-0.3, -0.25) is 0 Å². The molecule has 0 spiro atoms. The van der Waals surface area contributed by atoms with Gasteiger partial charge in [-0.05, 0) is 64.4 Å². The standard InChI is InChI=1S/C18H29N3/c1-20(2)18(9-6-10-18)14-21(3)13-15-11-16-7-4-5-8-17(16)19-12-15/h4-5,7-8,15,19H,6,9-14H2,1-3H3. The predicted molar refractivity (Wildman–Crippen MR) is 89.9 cm³/mol. The van der Waals surface area contributed by atoms with Gasteiger partial charge in [0.05, 0.1) is 0 Å². The van der Waals surface area contributed by atoms with E-state index in [-0.39, 0.29) is 0 Å². The Bertz CT molecular complexity index is 479. The molecule has 3 heteroatoms. The second kappa shape index (κ2) is 5.98. The summed E-state index contributed by atoms with van der Waals surface area (Å²) in [4.78, 5) is 5.00. The average molecular weight is 287 g/mol. The molecule has 0 saturated heterocycles. The summed E-state index contributed by atoms with van der Waals surface area (Å²) in [6.07, 6.45) is 5.32. The molecular formula is C18H29N3. The summed E-state index contributed by atoms with van der Waals surface area (Å²) in [5, 5.41) is 3.59. The number of benzene rings is 1. The second-order valence-corrected chi connectivity index (χ2v) is 7.28. The number of nitrogens with one attached hydrogen (secondary N) is 1. The summed E-state index contributed by atoms with van der Waals surface area (Å²) >= 11 is 0. The van der Waals surface area contributed by atoms with E-state index in [0.717, 1.165) is 12.5 Å². The van der Waals surface area contributed by atoms with Crippen LogP contribution in [0.4, 0.5) is 5.69 Å². The molecule has 1 aliphatic heterocycles. The molecule has 0 bridgehead atoms. The van der Waals surface area contributed by atoms with Crippen molar-refractivity contribution >= 4 is 5.69 Å². The van der Waals surface area contributed by atoms with Crippen molar-refractivity contribution in [1.82, 2.24) is 9.80 Å². The monoisotopic (exact) mass is 287 g/mol. The Balaban J connectivity index is 1.55. The van der Waals surface area contributed by atoms with E-state index in [1.54, 1.807) is 0 Å². The molecule has 1 saturated carbocycles. The van der Waals surface area contributed by atoms with Crippen molar-refractivity contribution in [2.45, 2.75) is 31.2 Å². The molecule has 1 aromatic carbocycles. The van der Waals surface area contributed by atoms with E-state index < -0.39 is 0 Å². The molecule has 1 heterocycles. The molecule has 0 radical (unpaired) electrons. The fraction of sp³-hybridized carbons (Fsp3) is 0.667. The molecule has 1 aromatic rings. The first-order chi connectivity index (χ1) is 10.1. The summed E-state index contributed by atoms with van der Waals surface area (Å²) in [6, 6.07) is 8.74.